The fraction of sp³-hybridized carbons (Fsp3) is 0.417. The fourth-order valence-electron chi connectivity index (χ4n) is 1.94. The Kier molecular flexibility index (Phi) is 5.79. The predicted molar refractivity (Wildman–Crippen MR) is 68.3 cm³/mol. The van der Waals surface area contributed by atoms with Crippen LogP contribution in [0.4, 0.5) is 13.2 Å². The number of β-amino-alcohol motifs (C(OH)–C–C–N with tert-alkyl or cyclic N) is 1. The van der Waals surface area contributed by atoms with Gasteiger partial charge < -0.3 is 15.7 Å². The van der Waals surface area contributed by atoms with Crippen LogP contribution in [-0.4, -0.2) is 36.8 Å². The highest BCUT2D eigenvalue weighted by Crippen LogP contribution is 2.14. The maximum atomic E-state index is 13.0. The molecule has 1 fully saturated rings. The van der Waals surface area contributed by atoms with Gasteiger partial charge in [0.2, 0.25) is 0 Å². The largest absolute Gasteiger partial charge is 0.391 e. The van der Waals surface area contributed by atoms with E-state index in [1.54, 1.807) is 0 Å². The minimum absolute atomic E-state index is 0. The SMILES string of the molecule is Cl.O=C(NCC1CNCC1O)c1cc(F)c(F)c(F)c1. The Labute approximate surface area is 119 Å². The summed E-state index contributed by atoms with van der Waals surface area (Å²) in [5, 5.41) is 14.9. The minimum Gasteiger partial charge on any atom is -0.391 e. The lowest BCUT2D eigenvalue weighted by atomic mass is 10.1. The van der Waals surface area contributed by atoms with Crippen LogP contribution in [0.1, 0.15) is 10.4 Å². The summed E-state index contributed by atoms with van der Waals surface area (Å²) in [6, 6.07) is 1.27. The van der Waals surface area contributed by atoms with Crippen LogP contribution in [0, 0.1) is 23.4 Å². The smallest absolute Gasteiger partial charge is 0.251 e. The average molecular weight is 311 g/mol. The molecule has 8 heteroatoms. The lowest BCUT2D eigenvalue weighted by molar-refractivity contribution is 0.0926. The number of hydrogen-bond acceptors (Lipinski definition) is 3. The first-order valence-electron chi connectivity index (χ1n) is 5.80. The zero-order chi connectivity index (χ0) is 14.0. The van der Waals surface area contributed by atoms with E-state index in [0.29, 0.717) is 25.2 Å². The molecule has 1 aliphatic heterocycles. The summed E-state index contributed by atoms with van der Waals surface area (Å²) in [5.41, 5.74) is -0.295. The van der Waals surface area contributed by atoms with Crippen LogP contribution < -0.4 is 10.6 Å². The van der Waals surface area contributed by atoms with E-state index >= 15 is 0 Å². The standard InChI is InChI=1S/C12H13F3N2O2.ClH/c13-8-1-6(2-9(14)11(8)15)12(19)17-4-7-3-16-5-10(7)18;/h1-2,7,10,16,18H,3-5H2,(H,17,19);1H. The van der Waals surface area contributed by atoms with E-state index in [-0.39, 0.29) is 30.4 Å². The van der Waals surface area contributed by atoms with E-state index in [0.717, 1.165) is 0 Å². The quantitative estimate of drug-likeness (QED) is 0.725. The van der Waals surface area contributed by atoms with E-state index in [4.69, 9.17) is 0 Å². The van der Waals surface area contributed by atoms with Gasteiger partial charge in [0.1, 0.15) is 0 Å². The van der Waals surface area contributed by atoms with Gasteiger partial charge in [-0.25, -0.2) is 13.2 Å². The van der Waals surface area contributed by atoms with Gasteiger partial charge in [-0.05, 0) is 12.1 Å². The Morgan fingerprint density at radius 1 is 1.30 bits per heavy atom. The van der Waals surface area contributed by atoms with Crippen molar-refractivity contribution in [1.82, 2.24) is 10.6 Å². The third kappa shape index (κ3) is 3.62. The van der Waals surface area contributed by atoms with Gasteiger partial charge in [0.05, 0.1) is 6.10 Å². The summed E-state index contributed by atoms with van der Waals surface area (Å²) >= 11 is 0. The average Bonchev–Trinajstić information content (AvgIpc) is 2.78. The van der Waals surface area contributed by atoms with Crippen molar-refractivity contribution in [2.24, 2.45) is 5.92 Å². The number of nitrogens with one attached hydrogen (secondary N) is 2. The molecule has 1 amide bonds. The number of aliphatic hydroxyl groups excluding tert-OH is 1. The second-order valence-electron chi connectivity index (χ2n) is 4.45. The number of benzene rings is 1. The van der Waals surface area contributed by atoms with Crippen LogP contribution in [0.15, 0.2) is 12.1 Å². The first-order valence-corrected chi connectivity index (χ1v) is 5.80. The van der Waals surface area contributed by atoms with Crippen molar-refractivity contribution in [1.29, 1.82) is 0 Å². The Morgan fingerprint density at radius 2 is 1.90 bits per heavy atom. The Bertz CT molecular complexity index is 479. The zero-order valence-electron chi connectivity index (χ0n) is 10.3. The third-order valence-electron chi connectivity index (χ3n) is 3.07. The Morgan fingerprint density at radius 3 is 2.40 bits per heavy atom. The molecule has 1 aromatic rings. The second kappa shape index (κ2) is 6.92. The molecule has 20 heavy (non-hydrogen) atoms. The molecule has 2 unspecified atom stereocenters. The van der Waals surface area contributed by atoms with Crippen LogP contribution >= 0.6 is 12.4 Å². The van der Waals surface area contributed by atoms with Crippen molar-refractivity contribution >= 4 is 18.3 Å². The van der Waals surface area contributed by atoms with E-state index < -0.39 is 29.5 Å². The van der Waals surface area contributed by atoms with Gasteiger partial charge in [-0.3, -0.25) is 4.79 Å². The van der Waals surface area contributed by atoms with Crippen molar-refractivity contribution in [2.45, 2.75) is 6.10 Å². The van der Waals surface area contributed by atoms with E-state index in [1.165, 1.54) is 0 Å². The summed E-state index contributed by atoms with van der Waals surface area (Å²) < 4.78 is 38.7. The molecule has 4 nitrogen and oxygen atoms in total. The van der Waals surface area contributed by atoms with Crippen LogP contribution in [-0.2, 0) is 0 Å². The molecular weight excluding hydrogens is 297 g/mol. The molecule has 0 radical (unpaired) electrons. The summed E-state index contributed by atoms with van der Waals surface area (Å²) in [4.78, 5) is 11.7. The van der Waals surface area contributed by atoms with E-state index in [1.807, 2.05) is 0 Å². The molecule has 0 aromatic heterocycles. The minimum atomic E-state index is -1.60. The van der Waals surface area contributed by atoms with Crippen LogP contribution in [0.5, 0.6) is 0 Å². The van der Waals surface area contributed by atoms with Gasteiger partial charge in [-0.2, -0.15) is 0 Å². The van der Waals surface area contributed by atoms with Crippen molar-refractivity contribution in [3.05, 3.63) is 35.1 Å². The lowest BCUT2D eigenvalue weighted by Crippen LogP contribution is -2.34. The monoisotopic (exact) mass is 310 g/mol. The molecule has 1 saturated heterocycles. The maximum absolute atomic E-state index is 13.0. The summed E-state index contributed by atoms with van der Waals surface area (Å²) in [7, 11) is 0. The Hall–Kier alpha value is -1.31. The number of hydrogen-bond donors (Lipinski definition) is 3. The molecule has 1 aliphatic rings. The van der Waals surface area contributed by atoms with Crippen molar-refractivity contribution in [3.63, 3.8) is 0 Å². The van der Waals surface area contributed by atoms with Crippen LogP contribution in [0.3, 0.4) is 0 Å². The maximum Gasteiger partial charge on any atom is 0.251 e. The highest BCUT2D eigenvalue weighted by atomic mass is 35.5. The number of rotatable bonds is 3. The van der Waals surface area contributed by atoms with Crippen molar-refractivity contribution in [3.8, 4) is 0 Å². The second-order valence-corrected chi connectivity index (χ2v) is 4.45. The van der Waals surface area contributed by atoms with Gasteiger partial charge in [0.15, 0.2) is 17.5 Å². The van der Waals surface area contributed by atoms with Gasteiger partial charge in [-0.15, -0.1) is 12.4 Å². The van der Waals surface area contributed by atoms with Crippen LogP contribution in [0.2, 0.25) is 0 Å². The molecule has 1 aromatic carbocycles. The topological polar surface area (TPSA) is 61.4 Å². The molecule has 2 rings (SSSR count). The highest BCUT2D eigenvalue weighted by molar-refractivity contribution is 5.94. The molecule has 112 valence electrons. The summed E-state index contributed by atoms with van der Waals surface area (Å²) in [5.74, 6) is -5.29. The van der Waals surface area contributed by atoms with E-state index in [9.17, 15) is 23.1 Å². The first-order chi connectivity index (χ1) is 8.99. The van der Waals surface area contributed by atoms with Crippen molar-refractivity contribution < 1.29 is 23.1 Å². The molecular formula is C12H14ClF3N2O2. The number of carbonyl (C=O) groups excluding carboxylic acids is 1. The van der Waals surface area contributed by atoms with Crippen LogP contribution in [0.25, 0.3) is 0 Å². The fourth-order valence-corrected chi connectivity index (χ4v) is 1.94. The first kappa shape index (κ1) is 16.7. The van der Waals surface area contributed by atoms with Gasteiger partial charge in [0.25, 0.3) is 5.91 Å². The Balaban J connectivity index is 0.00000200. The van der Waals surface area contributed by atoms with E-state index in [2.05, 4.69) is 10.6 Å². The van der Waals surface area contributed by atoms with Gasteiger partial charge >= 0.3 is 0 Å². The number of amides is 1. The number of carbonyl (C=O) groups is 1. The van der Waals surface area contributed by atoms with Gasteiger partial charge in [0, 0.05) is 31.1 Å². The number of halogens is 4. The summed E-state index contributed by atoms with van der Waals surface area (Å²) in [6.07, 6.45) is -0.568. The summed E-state index contributed by atoms with van der Waals surface area (Å²) in [6.45, 7) is 1.17. The molecule has 0 saturated carbocycles. The number of aliphatic hydroxyl groups is 1. The molecule has 2 atom stereocenters. The zero-order valence-corrected chi connectivity index (χ0v) is 11.1. The lowest BCUT2D eigenvalue weighted by Gasteiger charge is -2.14. The molecule has 0 aliphatic carbocycles. The molecule has 0 spiro atoms. The molecule has 0 bridgehead atoms. The van der Waals surface area contributed by atoms with Crippen molar-refractivity contribution in [2.75, 3.05) is 19.6 Å². The predicted octanol–water partition coefficient (Wildman–Crippen LogP) is 0.836. The van der Waals surface area contributed by atoms with Gasteiger partial charge in [-0.1, -0.05) is 0 Å². The molecule has 1 heterocycles. The third-order valence-corrected chi connectivity index (χ3v) is 3.07. The highest BCUT2D eigenvalue weighted by Gasteiger charge is 2.25. The normalized spacial score (nSPS) is 21.4. The molecule has 3 N–H and O–H groups in total.